The number of carbonyl (C=O) groups is 1. The van der Waals surface area contributed by atoms with Crippen LogP contribution in [0.2, 0.25) is 0 Å². The van der Waals surface area contributed by atoms with Crippen molar-refractivity contribution in [1.29, 1.82) is 0 Å². The van der Waals surface area contributed by atoms with Crippen LogP contribution in [0.1, 0.15) is 19.8 Å². The van der Waals surface area contributed by atoms with E-state index < -0.39 is 0 Å². The summed E-state index contributed by atoms with van der Waals surface area (Å²) in [6.45, 7) is 6.10. The van der Waals surface area contributed by atoms with Crippen molar-refractivity contribution in [3.05, 3.63) is 42.5 Å². The first kappa shape index (κ1) is 22.0. The summed E-state index contributed by atoms with van der Waals surface area (Å²) in [4.78, 5) is 26.1. The Kier molecular flexibility index (Phi) is 7.37. The summed E-state index contributed by atoms with van der Waals surface area (Å²) in [6, 6.07) is 5.96. The fraction of sp³-hybridized carbons (Fsp3) is 0.500. The van der Waals surface area contributed by atoms with Gasteiger partial charge in [0, 0.05) is 37.2 Å². The number of aromatic nitrogens is 2. The number of ether oxygens (including phenoxy) is 1. The molecule has 0 aliphatic carbocycles. The van der Waals surface area contributed by atoms with Crippen LogP contribution in [0.25, 0.3) is 0 Å². The zero-order valence-electron chi connectivity index (χ0n) is 17.7. The van der Waals surface area contributed by atoms with E-state index in [0.29, 0.717) is 17.6 Å². The SMILES string of the molecule is CC(C(=O)Nc1cnc(Oc2ccc(F)cc2)cn1)N1CCCC(N2CCSCC2)C1. The van der Waals surface area contributed by atoms with Crippen LogP contribution >= 0.6 is 11.8 Å². The van der Waals surface area contributed by atoms with Crippen LogP contribution in [0.3, 0.4) is 0 Å². The van der Waals surface area contributed by atoms with Crippen LogP contribution in [-0.2, 0) is 4.79 Å². The summed E-state index contributed by atoms with van der Waals surface area (Å²) in [5.74, 6) is 3.10. The van der Waals surface area contributed by atoms with Crippen LogP contribution < -0.4 is 10.1 Å². The fourth-order valence-corrected chi connectivity index (χ4v) is 4.96. The highest BCUT2D eigenvalue weighted by Gasteiger charge is 2.31. The molecule has 2 saturated heterocycles. The second-order valence-electron chi connectivity index (χ2n) is 7.90. The highest BCUT2D eigenvalue weighted by Crippen LogP contribution is 2.22. The highest BCUT2D eigenvalue weighted by atomic mass is 32.2. The summed E-state index contributed by atoms with van der Waals surface area (Å²) in [7, 11) is 0. The predicted octanol–water partition coefficient (Wildman–Crippen LogP) is 3.25. The quantitative estimate of drug-likeness (QED) is 0.732. The average Bonchev–Trinajstić information content (AvgIpc) is 2.82. The largest absolute Gasteiger partial charge is 0.438 e. The van der Waals surface area contributed by atoms with E-state index in [1.807, 2.05) is 18.7 Å². The lowest BCUT2D eigenvalue weighted by molar-refractivity contribution is -0.121. The number of anilines is 1. The van der Waals surface area contributed by atoms with Gasteiger partial charge in [-0.3, -0.25) is 14.6 Å². The number of carbonyl (C=O) groups excluding carboxylic acids is 1. The van der Waals surface area contributed by atoms with E-state index in [0.717, 1.165) is 32.6 Å². The van der Waals surface area contributed by atoms with Gasteiger partial charge in [-0.2, -0.15) is 11.8 Å². The first-order valence-corrected chi connectivity index (χ1v) is 11.9. The molecule has 4 rings (SSSR count). The Morgan fingerprint density at radius 3 is 2.68 bits per heavy atom. The summed E-state index contributed by atoms with van der Waals surface area (Å²) in [5.41, 5.74) is 0. The van der Waals surface area contributed by atoms with Crippen LogP contribution in [0, 0.1) is 5.82 Å². The minimum Gasteiger partial charge on any atom is -0.438 e. The molecule has 2 fully saturated rings. The Bertz CT molecular complexity index is 861. The first-order chi connectivity index (χ1) is 15.1. The summed E-state index contributed by atoms with van der Waals surface area (Å²) in [5, 5.41) is 2.86. The molecule has 2 aliphatic rings. The molecular weight excluding hydrogens is 417 g/mol. The molecule has 2 aromatic rings. The van der Waals surface area contributed by atoms with E-state index in [2.05, 4.69) is 25.1 Å². The van der Waals surface area contributed by atoms with Crippen molar-refractivity contribution in [2.75, 3.05) is 43.0 Å². The maximum atomic E-state index is 13.0. The number of likely N-dealkylation sites (tertiary alicyclic amines) is 1. The molecule has 1 amide bonds. The molecule has 2 aliphatic heterocycles. The number of amides is 1. The van der Waals surface area contributed by atoms with Gasteiger partial charge in [0.2, 0.25) is 11.8 Å². The number of benzene rings is 1. The number of rotatable bonds is 6. The molecule has 1 aromatic heterocycles. The van der Waals surface area contributed by atoms with Crippen molar-refractivity contribution in [1.82, 2.24) is 19.8 Å². The zero-order valence-corrected chi connectivity index (χ0v) is 18.5. The van der Waals surface area contributed by atoms with Gasteiger partial charge >= 0.3 is 0 Å². The lowest BCUT2D eigenvalue weighted by Crippen LogP contribution is -2.54. The number of hydrogen-bond acceptors (Lipinski definition) is 7. The van der Waals surface area contributed by atoms with Crippen LogP contribution in [-0.4, -0.2) is 75.4 Å². The van der Waals surface area contributed by atoms with Gasteiger partial charge in [0.05, 0.1) is 18.4 Å². The number of nitrogens with one attached hydrogen (secondary N) is 1. The molecule has 2 atom stereocenters. The fourth-order valence-electron chi connectivity index (χ4n) is 4.03. The summed E-state index contributed by atoms with van der Waals surface area (Å²) in [6.07, 6.45) is 5.22. The molecule has 0 saturated carbocycles. The Morgan fingerprint density at radius 2 is 1.97 bits per heavy atom. The van der Waals surface area contributed by atoms with Gasteiger partial charge in [0.25, 0.3) is 0 Å². The molecule has 7 nitrogen and oxygen atoms in total. The summed E-state index contributed by atoms with van der Waals surface area (Å²) < 4.78 is 18.5. The topological polar surface area (TPSA) is 70.6 Å². The van der Waals surface area contributed by atoms with Crippen molar-refractivity contribution >= 4 is 23.5 Å². The van der Waals surface area contributed by atoms with Crippen LogP contribution in [0.4, 0.5) is 10.2 Å². The number of piperidine rings is 1. The maximum absolute atomic E-state index is 13.0. The van der Waals surface area contributed by atoms with Gasteiger partial charge in [-0.1, -0.05) is 0 Å². The van der Waals surface area contributed by atoms with Crippen molar-refractivity contribution in [2.24, 2.45) is 0 Å². The number of thioether (sulfide) groups is 1. The Morgan fingerprint density at radius 1 is 1.19 bits per heavy atom. The van der Waals surface area contributed by atoms with Gasteiger partial charge in [-0.25, -0.2) is 14.4 Å². The van der Waals surface area contributed by atoms with E-state index in [-0.39, 0.29) is 23.6 Å². The Hall–Kier alpha value is -2.23. The van der Waals surface area contributed by atoms with Gasteiger partial charge < -0.3 is 10.1 Å². The monoisotopic (exact) mass is 445 g/mol. The van der Waals surface area contributed by atoms with Gasteiger partial charge in [-0.15, -0.1) is 0 Å². The molecular formula is C22H28FN5O2S. The lowest BCUT2D eigenvalue weighted by Gasteiger charge is -2.42. The van der Waals surface area contributed by atoms with Crippen LogP contribution in [0.5, 0.6) is 11.6 Å². The molecule has 9 heteroatoms. The number of halogens is 1. The van der Waals surface area contributed by atoms with E-state index >= 15 is 0 Å². The van der Waals surface area contributed by atoms with Crippen molar-refractivity contribution < 1.29 is 13.9 Å². The molecule has 2 unspecified atom stereocenters. The van der Waals surface area contributed by atoms with Crippen LogP contribution in [0.15, 0.2) is 36.7 Å². The molecule has 0 spiro atoms. The molecule has 31 heavy (non-hydrogen) atoms. The maximum Gasteiger partial charge on any atom is 0.242 e. The predicted molar refractivity (Wildman–Crippen MR) is 120 cm³/mol. The molecule has 166 valence electrons. The Labute approximate surface area is 186 Å². The summed E-state index contributed by atoms with van der Waals surface area (Å²) >= 11 is 2.02. The second-order valence-corrected chi connectivity index (χ2v) is 9.13. The lowest BCUT2D eigenvalue weighted by atomic mass is 10.0. The van der Waals surface area contributed by atoms with E-state index in [9.17, 15) is 9.18 Å². The molecule has 3 heterocycles. The van der Waals surface area contributed by atoms with Crippen molar-refractivity contribution in [3.63, 3.8) is 0 Å². The number of nitrogens with zero attached hydrogens (tertiary/aromatic N) is 4. The smallest absolute Gasteiger partial charge is 0.242 e. The molecule has 1 N–H and O–H groups in total. The molecule has 1 aromatic carbocycles. The third-order valence-electron chi connectivity index (χ3n) is 5.83. The average molecular weight is 446 g/mol. The third-order valence-corrected chi connectivity index (χ3v) is 6.78. The highest BCUT2D eigenvalue weighted by molar-refractivity contribution is 7.99. The van der Waals surface area contributed by atoms with Crippen molar-refractivity contribution in [2.45, 2.75) is 31.8 Å². The Balaban J connectivity index is 1.30. The standard InChI is InChI=1S/C22H28FN5O2S/c1-16(28-8-2-3-18(15-28)27-9-11-31-12-10-27)22(29)26-20-13-25-21(14-24-20)30-19-6-4-17(23)5-7-19/h4-7,13-14,16,18H,2-3,8-12,15H2,1H3,(H,24,26,29). The third kappa shape index (κ3) is 5.93. The van der Waals surface area contributed by atoms with Gasteiger partial charge in [0.15, 0.2) is 5.82 Å². The normalized spacial score (nSPS) is 21.4. The van der Waals surface area contributed by atoms with E-state index in [4.69, 9.17) is 4.74 Å². The van der Waals surface area contributed by atoms with Gasteiger partial charge in [0.1, 0.15) is 11.6 Å². The number of hydrogen-bond donors (Lipinski definition) is 1. The zero-order chi connectivity index (χ0) is 21.6. The second kappa shape index (κ2) is 10.4. The molecule has 0 bridgehead atoms. The minimum absolute atomic E-state index is 0.0867. The van der Waals surface area contributed by atoms with Crippen molar-refractivity contribution in [3.8, 4) is 11.6 Å². The first-order valence-electron chi connectivity index (χ1n) is 10.7. The van der Waals surface area contributed by atoms with E-state index in [1.165, 1.54) is 54.6 Å². The molecule has 0 radical (unpaired) electrons. The minimum atomic E-state index is -0.333. The van der Waals surface area contributed by atoms with E-state index in [1.54, 1.807) is 0 Å². The van der Waals surface area contributed by atoms with Gasteiger partial charge in [-0.05, 0) is 50.6 Å².